The summed E-state index contributed by atoms with van der Waals surface area (Å²) in [5.41, 5.74) is 0. The van der Waals surface area contributed by atoms with Crippen LogP contribution in [0.3, 0.4) is 0 Å². The van der Waals surface area contributed by atoms with Crippen LogP contribution in [0.1, 0.15) is 13.3 Å². The molecule has 0 saturated heterocycles. The largest absolute Gasteiger partial charge is 0.377 e. The van der Waals surface area contributed by atoms with Gasteiger partial charge in [0.2, 0.25) is 0 Å². The zero-order valence-corrected chi connectivity index (χ0v) is 12.3. The maximum Gasteiger partial charge on any atom is 0.314 e. The molecule has 0 bridgehead atoms. The predicted molar refractivity (Wildman–Crippen MR) is 75.8 cm³/mol. The second-order valence-electron chi connectivity index (χ2n) is 3.91. The topological polar surface area (TPSA) is 101 Å². The van der Waals surface area contributed by atoms with Crippen molar-refractivity contribution in [1.82, 2.24) is 21.3 Å². The molecule has 20 heavy (non-hydrogen) atoms. The Balaban J connectivity index is 3.13. The molecule has 0 spiro atoms. The molecule has 0 atom stereocenters. The molecule has 0 unspecified atom stereocenters. The van der Waals surface area contributed by atoms with Crippen molar-refractivity contribution in [2.45, 2.75) is 13.3 Å². The second-order valence-corrected chi connectivity index (χ2v) is 3.91. The smallest absolute Gasteiger partial charge is 0.314 e. The molecule has 4 N–H and O–H groups in total. The number of nitrogens with one attached hydrogen (secondary N) is 4. The first-order valence-corrected chi connectivity index (χ1v) is 6.83. The van der Waals surface area contributed by atoms with Gasteiger partial charge in [-0.15, -0.1) is 0 Å². The number of ether oxygens (including phenoxy) is 2. The molecule has 0 rings (SSSR count). The van der Waals surface area contributed by atoms with Crippen molar-refractivity contribution in [3.05, 3.63) is 0 Å². The van der Waals surface area contributed by atoms with Crippen molar-refractivity contribution in [2.24, 2.45) is 0 Å². The number of hydrogen-bond acceptors (Lipinski definition) is 4. The molecule has 8 nitrogen and oxygen atoms in total. The lowest BCUT2D eigenvalue weighted by atomic mass is 10.5. The SMILES string of the molecule is CCCNC(=O)NCCOCCOCCNC(=O)NC. The van der Waals surface area contributed by atoms with Crippen LogP contribution in [0, 0.1) is 0 Å². The van der Waals surface area contributed by atoms with E-state index in [1.807, 2.05) is 6.92 Å². The van der Waals surface area contributed by atoms with Gasteiger partial charge in [-0.1, -0.05) is 6.92 Å². The summed E-state index contributed by atoms with van der Waals surface area (Å²) in [4.78, 5) is 21.9. The Morgan fingerprint density at radius 1 is 0.800 bits per heavy atom. The quantitative estimate of drug-likeness (QED) is 0.391. The van der Waals surface area contributed by atoms with Crippen molar-refractivity contribution in [1.29, 1.82) is 0 Å². The summed E-state index contributed by atoms with van der Waals surface area (Å²) in [5, 5.41) is 10.4. The first-order valence-electron chi connectivity index (χ1n) is 6.83. The lowest BCUT2D eigenvalue weighted by Crippen LogP contribution is -2.37. The van der Waals surface area contributed by atoms with Gasteiger partial charge in [-0.3, -0.25) is 0 Å². The Bertz CT molecular complexity index is 264. The number of rotatable bonds is 11. The fourth-order valence-corrected chi connectivity index (χ4v) is 1.18. The Morgan fingerprint density at radius 2 is 1.30 bits per heavy atom. The van der Waals surface area contributed by atoms with Crippen LogP contribution in [0.25, 0.3) is 0 Å². The third kappa shape index (κ3) is 12.9. The van der Waals surface area contributed by atoms with Gasteiger partial charge in [-0.2, -0.15) is 0 Å². The summed E-state index contributed by atoms with van der Waals surface area (Å²) < 4.78 is 10.5. The molecule has 4 amide bonds. The van der Waals surface area contributed by atoms with E-state index in [-0.39, 0.29) is 12.1 Å². The fourth-order valence-electron chi connectivity index (χ4n) is 1.18. The fraction of sp³-hybridized carbons (Fsp3) is 0.833. The minimum Gasteiger partial charge on any atom is -0.377 e. The molecular weight excluding hydrogens is 264 g/mol. The van der Waals surface area contributed by atoms with Crippen LogP contribution in [0.2, 0.25) is 0 Å². The third-order valence-corrected chi connectivity index (χ3v) is 2.20. The molecule has 0 saturated carbocycles. The van der Waals surface area contributed by atoms with Crippen LogP contribution in [0.4, 0.5) is 9.59 Å². The Kier molecular flexibility index (Phi) is 12.8. The molecular formula is C12H26N4O4. The highest BCUT2D eigenvalue weighted by Gasteiger charge is 1.97. The Morgan fingerprint density at radius 3 is 1.80 bits per heavy atom. The molecule has 0 fully saturated rings. The van der Waals surface area contributed by atoms with Crippen LogP contribution >= 0.6 is 0 Å². The van der Waals surface area contributed by atoms with Gasteiger partial charge >= 0.3 is 12.1 Å². The van der Waals surface area contributed by atoms with E-state index in [0.717, 1.165) is 6.42 Å². The minimum atomic E-state index is -0.225. The molecule has 0 aromatic rings. The van der Waals surface area contributed by atoms with Crippen LogP contribution < -0.4 is 21.3 Å². The Labute approximate surface area is 120 Å². The van der Waals surface area contributed by atoms with Gasteiger partial charge in [0.15, 0.2) is 0 Å². The predicted octanol–water partition coefficient (Wildman–Crippen LogP) is -0.342. The first-order chi connectivity index (χ1) is 9.70. The summed E-state index contributed by atoms with van der Waals surface area (Å²) in [6.45, 7) is 5.38. The monoisotopic (exact) mass is 290 g/mol. The summed E-state index contributed by atoms with van der Waals surface area (Å²) in [7, 11) is 1.56. The summed E-state index contributed by atoms with van der Waals surface area (Å²) in [6, 6.07) is -0.399. The highest BCUT2D eigenvalue weighted by atomic mass is 16.5. The summed E-state index contributed by atoms with van der Waals surface area (Å²) >= 11 is 0. The molecule has 0 aliphatic carbocycles. The van der Waals surface area contributed by atoms with Gasteiger partial charge in [0, 0.05) is 26.7 Å². The zero-order chi connectivity index (χ0) is 15.1. The molecule has 118 valence electrons. The van der Waals surface area contributed by atoms with Crippen molar-refractivity contribution in [3.8, 4) is 0 Å². The maximum atomic E-state index is 11.1. The number of amides is 4. The normalized spacial score (nSPS) is 9.90. The van der Waals surface area contributed by atoms with E-state index < -0.39 is 0 Å². The van der Waals surface area contributed by atoms with Gasteiger partial charge in [-0.05, 0) is 6.42 Å². The molecule has 8 heteroatoms. The highest BCUT2D eigenvalue weighted by Crippen LogP contribution is 1.79. The van der Waals surface area contributed by atoms with Gasteiger partial charge in [0.1, 0.15) is 0 Å². The number of urea groups is 2. The summed E-state index contributed by atoms with van der Waals surface area (Å²) in [6.07, 6.45) is 0.913. The van der Waals surface area contributed by atoms with E-state index in [9.17, 15) is 9.59 Å². The van der Waals surface area contributed by atoms with E-state index in [4.69, 9.17) is 9.47 Å². The van der Waals surface area contributed by atoms with Crippen LogP contribution in [0.5, 0.6) is 0 Å². The van der Waals surface area contributed by atoms with Crippen LogP contribution in [-0.4, -0.2) is 65.2 Å². The molecule has 0 aromatic heterocycles. The molecule has 0 aliphatic rings. The minimum absolute atomic E-state index is 0.174. The number of hydrogen-bond donors (Lipinski definition) is 4. The van der Waals surface area contributed by atoms with Gasteiger partial charge in [0.25, 0.3) is 0 Å². The van der Waals surface area contributed by atoms with Crippen molar-refractivity contribution < 1.29 is 19.1 Å². The van der Waals surface area contributed by atoms with E-state index in [2.05, 4.69) is 21.3 Å². The number of carbonyl (C=O) groups is 2. The van der Waals surface area contributed by atoms with E-state index >= 15 is 0 Å². The lowest BCUT2D eigenvalue weighted by Gasteiger charge is -2.08. The van der Waals surface area contributed by atoms with Crippen molar-refractivity contribution in [2.75, 3.05) is 53.1 Å². The molecule has 0 aromatic carbocycles. The van der Waals surface area contributed by atoms with Crippen molar-refractivity contribution in [3.63, 3.8) is 0 Å². The average molecular weight is 290 g/mol. The van der Waals surface area contributed by atoms with Crippen LogP contribution in [0.15, 0.2) is 0 Å². The number of carbonyl (C=O) groups excluding carboxylic acids is 2. The lowest BCUT2D eigenvalue weighted by molar-refractivity contribution is 0.0510. The standard InChI is InChI=1S/C12H26N4O4/c1-3-4-14-12(18)16-6-8-20-10-9-19-7-5-15-11(17)13-2/h3-10H2,1-2H3,(H2,13,15,17)(H2,14,16,18). The van der Waals surface area contributed by atoms with Gasteiger partial charge < -0.3 is 30.7 Å². The first kappa shape index (κ1) is 18.5. The average Bonchev–Trinajstić information content (AvgIpc) is 2.46. The highest BCUT2D eigenvalue weighted by molar-refractivity contribution is 5.73. The molecule has 0 aliphatic heterocycles. The van der Waals surface area contributed by atoms with E-state index in [0.29, 0.717) is 46.1 Å². The molecule has 0 radical (unpaired) electrons. The zero-order valence-electron chi connectivity index (χ0n) is 12.3. The third-order valence-electron chi connectivity index (χ3n) is 2.20. The van der Waals surface area contributed by atoms with Crippen molar-refractivity contribution >= 4 is 12.1 Å². The van der Waals surface area contributed by atoms with Gasteiger partial charge in [-0.25, -0.2) is 9.59 Å². The van der Waals surface area contributed by atoms with E-state index in [1.54, 1.807) is 7.05 Å². The van der Waals surface area contributed by atoms with Gasteiger partial charge in [0.05, 0.1) is 26.4 Å². The second kappa shape index (κ2) is 13.9. The van der Waals surface area contributed by atoms with E-state index in [1.165, 1.54) is 0 Å². The molecule has 0 heterocycles. The Hall–Kier alpha value is -1.54. The van der Waals surface area contributed by atoms with Crippen LogP contribution in [-0.2, 0) is 9.47 Å². The maximum absolute atomic E-state index is 11.1. The summed E-state index contributed by atoms with van der Waals surface area (Å²) in [5.74, 6) is 0.